The number of hydrogen-bond acceptors (Lipinski definition) is 4. The van der Waals surface area contributed by atoms with Crippen molar-refractivity contribution < 1.29 is 19.4 Å². The predicted molar refractivity (Wildman–Crippen MR) is 104 cm³/mol. The van der Waals surface area contributed by atoms with E-state index < -0.39 is 17.8 Å². The molecule has 1 aromatic heterocycles. The number of aryl methyl sites for hydroxylation is 2. The molecule has 7 heteroatoms. The van der Waals surface area contributed by atoms with Crippen molar-refractivity contribution in [2.75, 3.05) is 12.4 Å². The summed E-state index contributed by atoms with van der Waals surface area (Å²) in [6.07, 6.45) is 0.830. The van der Waals surface area contributed by atoms with Crippen LogP contribution in [0.2, 0.25) is 0 Å². The Morgan fingerprint density at radius 3 is 2.59 bits per heavy atom. The number of hydrogen-bond donors (Lipinski definition) is 3. The summed E-state index contributed by atoms with van der Waals surface area (Å²) in [7, 11) is 1.52. The van der Waals surface area contributed by atoms with Gasteiger partial charge in [-0.15, -0.1) is 0 Å². The summed E-state index contributed by atoms with van der Waals surface area (Å²) in [6, 6.07) is 9.73. The third kappa shape index (κ3) is 3.19. The maximum absolute atomic E-state index is 12.9. The lowest BCUT2D eigenvalue weighted by Gasteiger charge is -2.11. The Balaban J connectivity index is 2.10. The molecule has 1 heterocycles. The summed E-state index contributed by atoms with van der Waals surface area (Å²) in [5.41, 5.74) is 8.13. The van der Waals surface area contributed by atoms with E-state index in [0.29, 0.717) is 22.3 Å². The minimum Gasteiger partial charge on any atom is -0.495 e. The van der Waals surface area contributed by atoms with Crippen molar-refractivity contribution in [2.24, 2.45) is 5.73 Å². The third-order valence-electron chi connectivity index (χ3n) is 4.47. The van der Waals surface area contributed by atoms with Crippen LogP contribution in [0.3, 0.4) is 0 Å². The molecule has 7 nitrogen and oxygen atoms in total. The Bertz CT molecular complexity index is 1050. The van der Waals surface area contributed by atoms with Gasteiger partial charge in [-0.25, -0.2) is 9.36 Å². The van der Waals surface area contributed by atoms with Gasteiger partial charge in [0.2, 0.25) is 5.88 Å². The zero-order valence-electron chi connectivity index (χ0n) is 15.4. The number of aromatic hydroxyl groups is 1. The number of carbonyl (C=O) groups is 2. The van der Waals surface area contributed by atoms with Crippen molar-refractivity contribution in [3.63, 3.8) is 0 Å². The van der Waals surface area contributed by atoms with Gasteiger partial charge in [0.25, 0.3) is 5.91 Å². The molecule has 4 N–H and O–H groups in total. The summed E-state index contributed by atoms with van der Waals surface area (Å²) in [4.78, 5) is 24.7. The van der Waals surface area contributed by atoms with Crippen LogP contribution in [-0.2, 0) is 6.42 Å². The summed E-state index contributed by atoms with van der Waals surface area (Å²) in [5.74, 6) is -0.549. The number of carbonyl (C=O) groups excluding carboxylic acids is 2. The number of ether oxygens (including phenoxy) is 1. The van der Waals surface area contributed by atoms with E-state index in [1.165, 1.54) is 7.11 Å². The molecular weight excluding hydrogens is 346 g/mol. The number of primary amides is 1. The van der Waals surface area contributed by atoms with E-state index in [4.69, 9.17) is 10.5 Å². The van der Waals surface area contributed by atoms with Crippen molar-refractivity contribution in [1.82, 2.24) is 4.57 Å². The number of nitrogens with zero attached hydrogens (tertiary/aromatic N) is 1. The average Bonchev–Trinajstić information content (AvgIpc) is 2.93. The van der Waals surface area contributed by atoms with Gasteiger partial charge >= 0.3 is 6.03 Å². The number of nitrogens with two attached hydrogens (primary N) is 1. The molecule has 0 bridgehead atoms. The monoisotopic (exact) mass is 367 g/mol. The number of fused-ring (bicyclic) bond motifs is 1. The van der Waals surface area contributed by atoms with Gasteiger partial charge in [0, 0.05) is 5.39 Å². The highest BCUT2D eigenvalue weighted by Gasteiger charge is 2.25. The molecule has 0 fully saturated rings. The van der Waals surface area contributed by atoms with Gasteiger partial charge in [0.1, 0.15) is 11.3 Å². The molecule has 2 aromatic carbocycles. The van der Waals surface area contributed by atoms with E-state index in [-0.39, 0.29) is 5.56 Å². The Morgan fingerprint density at radius 1 is 1.22 bits per heavy atom. The molecular formula is C20H21N3O4. The van der Waals surface area contributed by atoms with Crippen molar-refractivity contribution in [3.05, 3.63) is 53.1 Å². The van der Waals surface area contributed by atoms with Crippen LogP contribution in [0.5, 0.6) is 11.6 Å². The lowest BCUT2D eigenvalue weighted by Crippen LogP contribution is -2.19. The number of benzene rings is 2. The maximum Gasteiger partial charge on any atom is 0.326 e. The molecule has 0 aliphatic rings. The van der Waals surface area contributed by atoms with Crippen molar-refractivity contribution >= 4 is 28.5 Å². The second-order valence-corrected chi connectivity index (χ2v) is 6.24. The number of anilines is 1. The second-order valence-electron chi connectivity index (χ2n) is 6.24. The van der Waals surface area contributed by atoms with Crippen LogP contribution < -0.4 is 15.8 Å². The van der Waals surface area contributed by atoms with Crippen LogP contribution in [0.4, 0.5) is 10.5 Å². The van der Waals surface area contributed by atoms with Crippen LogP contribution >= 0.6 is 0 Å². The molecule has 0 unspecified atom stereocenters. The van der Waals surface area contributed by atoms with Crippen LogP contribution in [-0.4, -0.2) is 28.7 Å². The van der Waals surface area contributed by atoms with E-state index >= 15 is 0 Å². The predicted octanol–water partition coefficient (Wildman–Crippen LogP) is 3.41. The van der Waals surface area contributed by atoms with Gasteiger partial charge in [0.05, 0.1) is 18.3 Å². The standard InChI is InChI=1S/C20H21N3O4/c1-4-12-6-7-14(16(10-12)27-3)22-18(24)17-13-9-11(2)5-8-15(13)23(19(17)25)20(21)26/h5-10,25H,4H2,1-3H3,(H2,21,26)(H,22,24). The highest BCUT2D eigenvalue weighted by molar-refractivity contribution is 6.17. The van der Waals surface area contributed by atoms with E-state index in [2.05, 4.69) is 5.32 Å². The van der Waals surface area contributed by atoms with Gasteiger partial charge in [-0.2, -0.15) is 0 Å². The molecule has 0 atom stereocenters. The molecule has 27 heavy (non-hydrogen) atoms. The zero-order valence-corrected chi connectivity index (χ0v) is 15.4. The van der Waals surface area contributed by atoms with Crippen LogP contribution in [0.15, 0.2) is 36.4 Å². The maximum atomic E-state index is 12.9. The summed E-state index contributed by atoms with van der Waals surface area (Å²) < 4.78 is 6.27. The molecule has 0 saturated heterocycles. The zero-order chi connectivity index (χ0) is 19.7. The topological polar surface area (TPSA) is 107 Å². The van der Waals surface area contributed by atoms with E-state index in [0.717, 1.165) is 22.1 Å². The number of rotatable bonds is 4. The molecule has 0 radical (unpaired) electrons. The fourth-order valence-electron chi connectivity index (χ4n) is 3.08. The Hall–Kier alpha value is -3.48. The Labute approximate surface area is 156 Å². The SMILES string of the molecule is CCc1ccc(NC(=O)c2c(O)n(C(N)=O)c3ccc(C)cc23)c(OC)c1. The lowest BCUT2D eigenvalue weighted by molar-refractivity contribution is 0.102. The number of methoxy groups -OCH3 is 1. The highest BCUT2D eigenvalue weighted by atomic mass is 16.5. The van der Waals surface area contributed by atoms with Gasteiger partial charge in [0.15, 0.2) is 0 Å². The van der Waals surface area contributed by atoms with E-state index in [1.54, 1.807) is 24.3 Å². The van der Waals surface area contributed by atoms with Crippen LogP contribution in [0.1, 0.15) is 28.4 Å². The molecule has 3 aromatic rings. The molecule has 0 saturated carbocycles. The fraction of sp³-hybridized carbons (Fsp3) is 0.200. The van der Waals surface area contributed by atoms with Gasteiger partial charge < -0.3 is 20.9 Å². The first-order valence-electron chi connectivity index (χ1n) is 8.49. The molecule has 0 spiro atoms. The first-order valence-corrected chi connectivity index (χ1v) is 8.49. The average molecular weight is 367 g/mol. The molecule has 140 valence electrons. The molecule has 2 amide bonds. The normalized spacial score (nSPS) is 10.8. The third-order valence-corrected chi connectivity index (χ3v) is 4.47. The number of nitrogens with one attached hydrogen (secondary N) is 1. The highest BCUT2D eigenvalue weighted by Crippen LogP contribution is 2.33. The molecule has 0 aliphatic heterocycles. The van der Waals surface area contributed by atoms with E-state index in [9.17, 15) is 14.7 Å². The van der Waals surface area contributed by atoms with Gasteiger partial charge in [-0.05, 0) is 43.2 Å². The first kappa shape index (κ1) is 18.3. The van der Waals surface area contributed by atoms with Gasteiger partial charge in [-0.1, -0.05) is 24.6 Å². The Kier molecular flexibility index (Phi) is 4.77. The second kappa shape index (κ2) is 7.03. The largest absolute Gasteiger partial charge is 0.495 e. The van der Waals surface area contributed by atoms with Crippen molar-refractivity contribution in [3.8, 4) is 11.6 Å². The lowest BCUT2D eigenvalue weighted by atomic mass is 10.1. The van der Waals surface area contributed by atoms with Gasteiger partial charge in [-0.3, -0.25) is 4.79 Å². The number of aromatic nitrogens is 1. The summed E-state index contributed by atoms with van der Waals surface area (Å²) in [6.45, 7) is 3.87. The smallest absolute Gasteiger partial charge is 0.326 e. The number of amides is 2. The summed E-state index contributed by atoms with van der Waals surface area (Å²) in [5, 5.41) is 13.7. The first-order chi connectivity index (χ1) is 12.9. The fourth-order valence-corrected chi connectivity index (χ4v) is 3.08. The van der Waals surface area contributed by atoms with Crippen molar-refractivity contribution in [2.45, 2.75) is 20.3 Å². The summed E-state index contributed by atoms with van der Waals surface area (Å²) >= 11 is 0. The van der Waals surface area contributed by atoms with Crippen LogP contribution in [0, 0.1) is 6.92 Å². The van der Waals surface area contributed by atoms with Crippen LogP contribution in [0.25, 0.3) is 10.9 Å². The molecule has 0 aliphatic carbocycles. The quantitative estimate of drug-likeness (QED) is 0.657. The minimum atomic E-state index is -0.870. The van der Waals surface area contributed by atoms with Crippen molar-refractivity contribution in [1.29, 1.82) is 0 Å². The Morgan fingerprint density at radius 2 is 1.96 bits per heavy atom. The van der Waals surface area contributed by atoms with E-state index in [1.807, 2.05) is 26.0 Å². The molecule has 3 rings (SSSR count). The minimum absolute atomic E-state index is 0.0193.